The van der Waals surface area contributed by atoms with Crippen molar-refractivity contribution >= 4 is 11.8 Å². The van der Waals surface area contributed by atoms with Crippen molar-refractivity contribution in [3.63, 3.8) is 0 Å². The number of alkyl halides is 3. The van der Waals surface area contributed by atoms with Crippen LogP contribution in [0.3, 0.4) is 0 Å². The molecule has 0 atom stereocenters. The van der Waals surface area contributed by atoms with Crippen molar-refractivity contribution < 1.29 is 17.9 Å². The van der Waals surface area contributed by atoms with Crippen molar-refractivity contribution in [2.75, 3.05) is 6.26 Å². The third kappa shape index (κ3) is 3.67. The van der Waals surface area contributed by atoms with Crippen LogP contribution in [-0.4, -0.2) is 11.2 Å². The zero-order valence-electron chi connectivity index (χ0n) is 10.8. The van der Waals surface area contributed by atoms with Gasteiger partial charge in [-0.25, -0.2) is 4.98 Å². The molecule has 0 N–H and O–H groups in total. The minimum atomic E-state index is -4.59. The van der Waals surface area contributed by atoms with Gasteiger partial charge >= 0.3 is 6.18 Å². The smallest absolute Gasteiger partial charge is 0.433 e. The molecule has 1 aromatic carbocycles. The summed E-state index contributed by atoms with van der Waals surface area (Å²) in [6.07, 6.45) is -2.69. The van der Waals surface area contributed by atoms with E-state index in [1.54, 1.807) is 30.3 Å². The van der Waals surface area contributed by atoms with E-state index in [0.29, 0.717) is 5.75 Å². The highest BCUT2D eigenvalue weighted by molar-refractivity contribution is 7.98. The van der Waals surface area contributed by atoms with Crippen molar-refractivity contribution in [3.8, 4) is 17.7 Å². The van der Waals surface area contributed by atoms with Gasteiger partial charge in [0.05, 0.1) is 0 Å². The van der Waals surface area contributed by atoms with Crippen LogP contribution in [-0.2, 0) is 6.18 Å². The lowest BCUT2D eigenvalue weighted by molar-refractivity contribution is -0.141. The molecule has 0 bridgehead atoms. The third-order valence-electron chi connectivity index (χ3n) is 2.55. The molecule has 0 saturated carbocycles. The van der Waals surface area contributed by atoms with Crippen LogP contribution in [0.25, 0.3) is 0 Å². The quantitative estimate of drug-likeness (QED) is 0.784. The largest absolute Gasteiger partial charge is 0.438 e. The molecule has 108 valence electrons. The molecule has 0 amide bonds. The fraction of sp³-hybridized carbons (Fsp3) is 0.143. The molecule has 0 aliphatic heterocycles. The fourth-order valence-electron chi connectivity index (χ4n) is 1.52. The Balaban J connectivity index is 2.35. The van der Waals surface area contributed by atoms with E-state index < -0.39 is 11.9 Å². The molecular weight excluding hydrogens is 301 g/mol. The minimum absolute atomic E-state index is 0.0584. The van der Waals surface area contributed by atoms with E-state index in [1.807, 2.05) is 6.26 Å². The normalized spacial score (nSPS) is 11.0. The van der Waals surface area contributed by atoms with E-state index in [0.717, 1.165) is 17.0 Å². The lowest BCUT2D eigenvalue weighted by Crippen LogP contribution is -2.09. The lowest BCUT2D eigenvalue weighted by Gasteiger charge is -2.10. The highest BCUT2D eigenvalue weighted by Gasteiger charge is 2.33. The highest BCUT2D eigenvalue weighted by atomic mass is 32.2. The number of hydrogen-bond donors (Lipinski definition) is 0. The molecule has 0 spiro atoms. The van der Waals surface area contributed by atoms with E-state index in [1.165, 1.54) is 11.8 Å². The number of pyridine rings is 1. The van der Waals surface area contributed by atoms with Gasteiger partial charge in [0.25, 0.3) is 0 Å². The van der Waals surface area contributed by atoms with Gasteiger partial charge in [-0.2, -0.15) is 18.4 Å². The molecule has 0 radical (unpaired) electrons. The Labute approximate surface area is 123 Å². The summed E-state index contributed by atoms with van der Waals surface area (Å²) in [7, 11) is 0. The predicted molar refractivity (Wildman–Crippen MR) is 72.3 cm³/mol. The summed E-state index contributed by atoms with van der Waals surface area (Å²) in [6, 6.07) is 10.3. The van der Waals surface area contributed by atoms with Crippen LogP contribution in [0, 0.1) is 11.3 Å². The summed E-state index contributed by atoms with van der Waals surface area (Å²) in [4.78, 5) is 4.36. The van der Waals surface area contributed by atoms with E-state index in [2.05, 4.69) is 4.98 Å². The SMILES string of the molecule is CSc1ccc(Oc2nc(C(F)(F)F)ccc2C#N)cc1. The molecule has 0 aliphatic carbocycles. The van der Waals surface area contributed by atoms with E-state index in [-0.39, 0.29) is 11.4 Å². The van der Waals surface area contributed by atoms with Crippen molar-refractivity contribution in [2.24, 2.45) is 0 Å². The zero-order valence-corrected chi connectivity index (χ0v) is 11.6. The van der Waals surface area contributed by atoms with Crippen molar-refractivity contribution in [2.45, 2.75) is 11.1 Å². The van der Waals surface area contributed by atoms with Gasteiger partial charge in [-0.1, -0.05) is 0 Å². The van der Waals surface area contributed by atoms with E-state index in [9.17, 15) is 13.2 Å². The van der Waals surface area contributed by atoms with E-state index in [4.69, 9.17) is 10.00 Å². The fourth-order valence-corrected chi connectivity index (χ4v) is 1.92. The van der Waals surface area contributed by atoms with Gasteiger partial charge in [-0.15, -0.1) is 11.8 Å². The standard InChI is InChI=1S/C14H9F3N2OS/c1-21-11-5-3-10(4-6-11)20-13-9(8-18)2-7-12(19-13)14(15,16)17/h2-7H,1H3. The Kier molecular flexibility index (Phi) is 4.38. The van der Waals surface area contributed by atoms with Crippen molar-refractivity contribution in [3.05, 3.63) is 47.7 Å². The number of rotatable bonds is 3. The van der Waals surface area contributed by atoms with Gasteiger partial charge in [0.1, 0.15) is 23.1 Å². The zero-order chi connectivity index (χ0) is 15.5. The molecule has 0 fully saturated rings. The number of ether oxygens (including phenoxy) is 1. The first-order chi connectivity index (χ1) is 9.94. The maximum atomic E-state index is 12.6. The Hall–Kier alpha value is -2.20. The van der Waals surface area contributed by atoms with Gasteiger partial charge in [0.2, 0.25) is 5.88 Å². The number of benzene rings is 1. The third-order valence-corrected chi connectivity index (χ3v) is 3.29. The Morgan fingerprint density at radius 1 is 1.14 bits per heavy atom. The average molecular weight is 310 g/mol. The number of nitrogens with zero attached hydrogens (tertiary/aromatic N) is 2. The molecule has 0 aliphatic rings. The number of aromatic nitrogens is 1. The predicted octanol–water partition coefficient (Wildman–Crippen LogP) is 4.49. The summed E-state index contributed by atoms with van der Waals surface area (Å²) in [5.74, 6) is -0.0413. The average Bonchev–Trinajstić information content (AvgIpc) is 2.47. The van der Waals surface area contributed by atoms with Crippen molar-refractivity contribution in [1.29, 1.82) is 5.26 Å². The number of halogens is 3. The molecule has 0 saturated heterocycles. The van der Waals surface area contributed by atoms with Crippen LogP contribution >= 0.6 is 11.8 Å². The highest BCUT2D eigenvalue weighted by Crippen LogP contribution is 2.32. The maximum Gasteiger partial charge on any atom is 0.433 e. The molecule has 1 heterocycles. The van der Waals surface area contributed by atoms with Gasteiger partial charge in [-0.3, -0.25) is 0 Å². The monoisotopic (exact) mass is 310 g/mol. The van der Waals surface area contributed by atoms with Crippen LogP contribution < -0.4 is 4.74 Å². The second-order valence-electron chi connectivity index (χ2n) is 3.94. The second-order valence-corrected chi connectivity index (χ2v) is 4.82. The summed E-state index contributed by atoms with van der Waals surface area (Å²) in [6.45, 7) is 0. The number of thioether (sulfide) groups is 1. The minimum Gasteiger partial charge on any atom is -0.438 e. The molecule has 1 aromatic heterocycles. The van der Waals surface area contributed by atoms with Crippen LogP contribution in [0.15, 0.2) is 41.3 Å². The molecule has 3 nitrogen and oxygen atoms in total. The number of nitriles is 1. The van der Waals surface area contributed by atoms with Crippen LogP contribution in [0.2, 0.25) is 0 Å². The summed E-state index contributed by atoms with van der Waals surface area (Å²) in [5, 5.41) is 8.92. The van der Waals surface area contributed by atoms with E-state index >= 15 is 0 Å². The maximum absolute atomic E-state index is 12.6. The van der Waals surface area contributed by atoms with Gasteiger partial charge in [0.15, 0.2) is 0 Å². The first kappa shape index (κ1) is 15.2. The van der Waals surface area contributed by atoms with Crippen LogP contribution in [0.1, 0.15) is 11.3 Å². The Morgan fingerprint density at radius 3 is 2.33 bits per heavy atom. The molecule has 0 unspecified atom stereocenters. The summed E-state index contributed by atoms with van der Waals surface area (Å²) in [5.41, 5.74) is -1.16. The molecule has 7 heteroatoms. The second kappa shape index (κ2) is 6.06. The van der Waals surface area contributed by atoms with Gasteiger partial charge < -0.3 is 4.74 Å². The first-order valence-corrected chi connectivity index (χ1v) is 6.97. The summed E-state index contributed by atoms with van der Waals surface area (Å²) < 4.78 is 43.2. The van der Waals surface area contributed by atoms with Crippen LogP contribution in [0.5, 0.6) is 11.6 Å². The molecule has 21 heavy (non-hydrogen) atoms. The Morgan fingerprint density at radius 2 is 1.81 bits per heavy atom. The Bertz CT molecular complexity index is 678. The van der Waals surface area contributed by atoms with Gasteiger partial charge in [0, 0.05) is 4.90 Å². The molecule has 2 aromatic rings. The van der Waals surface area contributed by atoms with Gasteiger partial charge in [-0.05, 0) is 42.7 Å². The lowest BCUT2D eigenvalue weighted by atomic mass is 10.2. The number of hydrogen-bond acceptors (Lipinski definition) is 4. The van der Waals surface area contributed by atoms with Crippen LogP contribution in [0.4, 0.5) is 13.2 Å². The molecular formula is C14H9F3N2OS. The molecule has 2 rings (SSSR count). The van der Waals surface area contributed by atoms with Crippen molar-refractivity contribution in [1.82, 2.24) is 4.98 Å². The topological polar surface area (TPSA) is 45.9 Å². The first-order valence-electron chi connectivity index (χ1n) is 5.74. The summed E-state index contributed by atoms with van der Waals surface area (Å²) >= 11 is 1.52.